The molecular weight excluding hydrogens is 247 g/mol. The van der Waals surface area contributed by atoms with Crippen molar-refractivity contribution < 1.29 is 9.50 Å². The van der Waals surface area contributed by atoms with Gasteiger partial charge in [0.1, 0.15) is 0 Å². The van der Waals surface area contributed by atoms with Crippen molar-refractivity contribution in [2.24, 2.45) is 0 Å². The summed E-state index contributed by atoms with van der Waals surface area (Å²) in [7, 11) is 0. The number of aliphatic hydroxyl groups is 1. The van der Waals surface area contributed by atoms with Crippen molar-refractivity contribution in [2.45, 2.75) is 51.2 Å². The summed E-state index contributed by atoms with van der Waals surface area (Å²) in [5.74, 6) is 0.0930. The Morgan fingerprint density at radius 3 is 2.95 bits per heavy atom. The van der Waals surface area contributed by atoms with E-state index in [9.17, 15) is 9.50 Å². The molecule has 1 aliphatic rings. The zero-order valence-electron chi connectivity index (χ0n) is 11.2. The molecule has 0 bridgehead atoms. The Kier molecular flexibility index (Phi) is 4.90. The highest BCUT2D eigenvalue weighted by Gasteiger charge is 2.24. The third-order valence-electron chi connectivity index (χ3n) is 3.33. The minimum absolute atomic E-state index is 0.128. The molecular formula is C13H21FN4O. The Labute approximate surface area is 112 Å². The summed E-state index contributed by atoms with van der Waals surface area (Å²) < 4.78 is 13.7. The molecule has 0 saturated heterocycles. The maximum Gasteiger partial charge on any atom is 0.224 e. The van der Waals surface area contributed by atoms with E-state index >= 15 is 0 Å². The van der Waals surface area contributed by atoms with Crippen LogP contribution in [0.2, 0.25) is 0 Å². The van der Waals surface area contributed by atoms with Crippen LogP contribution in [0.1, 0.15) is 39.0 Å². The highest BCUT2D eigenvalue weighted by atomic mass is 19.1. The zero-order valence-corrected chi connectivity index (χ0v) is 11.2. The van der Waals surface area contributed by atoms with Gasteiger partial charge in [-0.25, -0.2) is 9.37 Å². The normalized spacial score (nSPS) is 23.1. The van der Waals surface area contributed by atoms with E-state index in [-0.39, 0.29) is 11.9 Å². The van der Waals surface area contributed by atoms with Crippen LogP contribution in [0, 0.1) is 5.82 Å². The average molecular weight is 268 g/mol. The van der Waals surface area contributed by atoms with E-state index in [1.165, 1.54) is 0 Å². The fourth-order valence-electron chi connectivity index (χ4n) is 2.25. The highest BCUT2D eigenvalue weighted by Crippen LogP contribution is 2.23. The fraction of sp³-hybridized carbons (Fsp3) is 0.692. The second kappa shape index (κ2) is 6.65. The third-order valence-corrected chi connectivity index (χ3v) is 3.33. The van der Waals surface area contributed by atoms with Gasteiger partial charge < -0.3 is 15.7 Å². The topological polar surface area (TPSA) is 70.1 Å². The second-order valence-corrected chi connectivity index (χ2v) is 4.92. The molecule has 2 unspecified atom stereocenters. The van der Waals surface area contributed by atoms with E-state index in [0.717, 1.165) is 44.8 Å². The van der Waals surface area contributed by atoms with Crippen molar-refractivity contribution >= 4 is 11.8 Å². The van der Waals surface area contributed by atoms with Crippen molar-refractivity contribution in [3.63, 3.8) is 0 Å². The van der Waals surface area contributed by atoms with Crippen molar-refractivity contribution in [3.05, 3.63) is 12.0 Å². The molecule has 1 fully saturated rings. The quantitative estimate of drug-likeness (QED) is 0.763. The molecule has 2 atom stereocenters. The molecule has 0 aliphatic heterocycles. The van der Waals surface area contributed by atoms with Crippen molar-refractivity contribution in [1.29, 1.82) is 0 Å². The summed E-state index contributed by atoms with van der Waals surface area (Å²) in [6, 6.07) is -0.128. The molecule has 19 heavy (non-hydrogen) atoms. The smallest absolute Gasteiger partial charge is 0.224 e. The van der Waals surface area contributed by atoms with Gasteiger partial charge in [-0.1, -0.05) is 19.8 Å². The van der Waals surface area contributed by atoms with E-state index in [0.29, 0.717) is 5.95 Å². The van der Waals surface area contributed by atoms with Gasteiger partial charge in [-0.2, -0.15) is 4.98 Å². The molecule has 1 saturated carbocycles. The van der Waals surface area contributed by atoms with Crippen LogP contribution < -0.4 is 10.6 Å². The van der Waals surface area contributed by atoms with Crippen molar-refractivity contribution in [2.75, 3.05) is 17.2 Å². The lowest BCUT2D eigenvalue weighted by molar-refractivity contribution is 0.116. The standard InChI is InChI=1S/C13H21FN4O/c1-2-7-15-13-16-8-9(14)12(18-13)17-10-5-3-4-6-11(10)19/h8,10-11,19H,2-7H2,1H3,(H2,15,16,17,18). The van der Waals surface area contributed by atoms with Gasteiger partial charge in [-0.05, 0) is 19.3 Å². The van der Waals surface area contributed by atoms with Crippen LogP contribution in [0.15, 0.2) is 6.20 Å². The first-order valence-corrected chi connectivity index (χ1v) is 6.91. The van der Waals surface area contributed by atoms with Gasteiger partial charge in [0.05, 0.1) is 18.3 Å². The predicted molar refractivity (Wildman–Crippen MR) is 72.7 cm³/mol. The molecule has 6 heteroatoms. The number of halogens is 1. The lowest BCUT2D eigenvalue weighted by Crippen LogP contribution is -2.36. The maximum absolute atomic E-state index is 13.7. The Bertz CT molecular complexity index is 416. The van der Waals surface area contributed by atoms with E-state index in [4.69, 9.17) is 0 Å². The van der Waals surface area contributed by atoms with Gasteiger partial charge in [-0.3, -0.25) is 0 Å². The van der Waals surface area contributed by atoms with Crippen molar-refractivity contribution in [3.8, 4) is 0 Å². The first-order valence-electron chi connectivity index (χ1n) is 6.91. The van der Waals surface area contributed by atoms with Crippen LogP contribution in [0.3, 0.4) is 0 Å². The molecule has 1 aliphatic carbocycles. The van der Waals surface area contributed by atoms with E-state index in [1.54, 1.807) is 0 Å². The Hall–Kier alpha value is -1.43. The van der Waals surface area contributed by atoms with Gasteiger partial charge in [0.2, 0.25) is 5.95 Å². The van der Waals surface area contributed by atoms with Gasteiger partial charge in [0.25, 0.3) is 0 Å². The Morgan fingerprint density at radius 2 is 2.21 bits per heavy atom. The number of aromatic nitrogens is 2. The number of rotatable bonds is 5. The molecule has 1 heterocycles. The van der Waals surface area contributed by atoms with Gasteiger partial charge in [-0.15, -0.1) is 0 Å². The highest BCUT2D eigenvalue weighted by molar-refractivity contribution is 5.42. The summed E-state index contributed by atoms with van der Waals surface area (Å²) in [4.78, 5) is 8.01. The van der Waals surface area contributed by atoms with E-state index in [1.807, 2.05) is 6.92 Å². The van der Waals surface area contributed by atoms with Gasteiger partial charge in [0.15, 0.2) is 11.6 Å². The maximum atomic E-state index is 13.7. The molecule has 2 rings (SSSR count). The number of hydrogen-bond acceptors (Lipinski definition) is 5. The lowest BCUT2D eigenvalue weighted by Gasteiger charge is -2.28. The molecule has 106 valence electrons. The summed E-state index contributed by atoms with van der Waals surface area (Å²) in [6.45, 7) is 2.78. The number of anilines is 2. The SMILES string of the molecule is CCCNc1ncc(F)c(NC2CCCCC2O)n1. The van der Waals surface area contributed by atoms with Crippen LogP contribution in [0.5, 0.6) is 0 Å². The Morgan fingerprint density at radius 1 is 1.42 bits per heavy atom. The van der Waals surface area contributed by atoms with Crippen LogP contribution in [-0.4, -0.2) is 33.8 Å². The number of hydrogen-bond donors (Lipinski definition) is 3. The first-order chi connectivity index (χ1) is 9.20. The second-order valence-electron chi connectivity index (χ2n) is 4.92. The number of aliphatic hydroxyl groups excluding tert-OH is 1. The monoisotopic (exact) mass is 268 g/mol. The molecule has 0 aromatic carbocycles. The van der Waals surface area contributed by atoms with Gasteiger partial charge >= 0.3 is 0 Å². The van der Waals surface area contributed by atoms with Crippen molar-refractivity contribution in [1.82, 2.24) is 9.97 Å². The van der Waals surface area contributed by atoms with Crippen LogP contribution in [-0.2, 0) is 0 Å². The molecule has 5 nitrogen and oxygen atoms in total. The zero-order chi connectivity index (χ0) is 13.7. The average Bonchev–Trinajstić information content (AvgIpc) is 2.42. The predicted octanol–water partition coefficient (Wildman–Crippen LogP) is 2.15. The minimum atomic E-state index is -0.486. The fourth-order valence-corrected chi connectivity index (χ4v) is 2.25. The summed E-state index contributed by atoms with van der Waals surface area (Å²) in [5, 5.41) is 15.9. The van der Waals surface area contributed by atoms with Gasteiger partial charge in [0, 0.05) is 6.54 Å². The third kappa shape index (κ3) is 3.76. The molecule has 1 aromatic rings. The number of nitrogens with zero attached hydrogens (tertiary/aromatic N) is 2. The summed E-state index contributed by atoms with van der Waals surface area (Å²) in [6.07, 6.45) is 5.33. The molecule has 0 amide bonds. The summed E-state index contributed by atoms with van der Waals surface area (Å²) in [5.41, 5.74) is 0. The minimum Gasteiger partial charge on any atom is -0.391 e. The molecule has 0 spiro atoms. The van der Waals surface area contributed by atoms with Crippen LogP contribution >= 0.6 is 0 Å². The molecule has 0 radical (unpaired) electrons. The van der Waals surface area contributed by atoms with Crippen LogP contribution in [0.25, 0.3) is 0 Å². The molecule has 3 N–H and O–H groups in total. The molecule has 1 aromatic heterocycles. The van der Waals surface area contributed by atoms with E-state index < -0.39 is 11.9 Å². The number of nitrogens with one attached hydrogen (secondary N) is 2. The van der Waals surface area contributed by atoms with E-state index in [2.05, 4.69) is 20.6 Å². The first kappa shape index (κ1) is 14.0. The van der Waals surface area contributed by atoms with Crippen LogP contribution in [0.4, 0.5) is 16.2 Å². The summed E-state index contributed by atoms with van der Waals surface area (Å²) >= 11 is 0. The largest absolute Gasteiger partial charge is 0.391 e. The lowest BCUT2D eigenvalue weighted by atomic mass is 9.92. The Balaban J connectivity index is 2.05.